The summed E-state index contributed by atoms with van der Waals surface area (Å²) in [7, 11) is 0. The number of nitrogens with two attached hydrogens (primary N) is 1. The van der Waals surface area contributed by atoms with Crippen molar-refractivity contribution in [1.29, 1.82) is 0 Å². The van der Waals surface area contributed by atoms with E-state index in [0.29, 0.717) is 21.5 Å². The number of nitrogens with one attached hydrogen (secondary N) is 1. The van der Waals surface area contributed by atoms with E-state index >= 15 is 0 Å². The number of benzene rings is 2. The number of carbonyl (C=O) groups excluding carboxylic acids is 2. The molecule has 0 aliphatic carbocycles. The van der Waals surface area contributed by atoms with Crippen LogP contribution in [0, 0.1) is 0 Å². The largest absolute Gasteiger partial charge is 0.366 e. The summed E-state index contributed by atoms with van der Waals surface area (Å²) in [6.45, 7) is 0. The summed E-state index contributed by atoms with van der Waals surface area (Å²) in [5.74, 6) is -0.902. The minimum atomic E-state index is -0.532. The molecule has 3 N–H and O–H groups in total. The van der Waals surface area contributed by atoms with Gasteiger partial charge in [0.15, 0.2) is 0 Å². The number of anilines is 1. The van der Waals surface area contributed by atoms with E-state index in [-0.39, 0.29) is 10.6 Å². The molecule has 23 heavy (non-hydrogen) atoms. The molecule has 0 atom stereocenters. The van der Waals surface area contributed by atoms with Crippen LogP contribution in [0.4, 0.5) is 5.69 Å². The fourth-order valence-corrected chi connectivity index (χ4v) is 2.98. The van der Waals surface area contributed by atoms with E-state index < -0.39 is 5.91 Å². The lowest BCUT2D eigenvalue weighted by atomic mass is 10.2. The Labute approximate surface area is 135 Å². The molecule has 0 fully saturated rings. The second-order valence-corrected chi connectivity index (χ2v) is 5.90. The lowest BCUT2D eigenvalue weighted by molar-refractivity contribution is 0.0998. The summed E-state index contributed by atoms with van der Waals surface area (Å²) in [4.78, 5) is 35.7. The van der Waals surface area contributed by atoms with Crippen molar-refractivity contribution in [2.75, 3.05) is 5.32 Å². The first kappa shape index (κ1) is 14.9. The van der Waals surface area contributed by atoms with Gasteiger partial charge in [0.2, 0.25) is 10.6 Å². The molecule has 2 aromatic carbocycles. The van der Waals surface area contributed by atoms with Gasteiger partial charge in [-0.1, -0.05) is 29.5 Å². The molecule has 1 aromatic heterocycles. The Morgan fingerprint density at radius 2 is 1.70 bits per heavy atom. The van der Waals surface area contributed by atoms with Gasteiger partial charge in [-0.05, 0) is 41.8 Å². The van der Waals surface area contributed by atoms with Crippen LogP contribution in [0.2, 0.25) is 0 Å². The molecule has 114 valence electrons. The van der Waals surface area contributed by atoms with E-state index in [1.54, 1.807) is 36.4 Å². The van der Waals surface area contributed by atoms with Crippen LogP contribution in [0.25, 0.3) is 10.8 Å². The van der Waals surface area contributed by atoms with Crippen LogP contribution < -0.4 is 15.8 Å². The average molecular weight is 324 g/mol. The molecule has 0 spiro atoms. The number of hydrogen-bond donors (Lipinski definition) is 2. The fourth-order valence-electron chi connectivity index (χ4n) is 2.16. The number of carbonyl (C=O) groups is 2. The van der Waals surface area contributed by atoms with Crippen LogP contribution in [-0.2, 0) is 0 Å². The minimum absolute atomic E-state index is 0.155. The molecule has 1 heterocycles. The molecule has 0 unspecified atom stereocenters. The van der Waals surface area contributed by atoms with Gasteiger partial charge in [0.05, 0.1) is 4.88 Å². The Bertz CT molecular complexity index is 961. The summed E-state index contributed by atoms with van der Waals surface area (Å²) < 4.78 is -0.155. The Morgan fingerprint density at radius 3 is 2.39 bits per heavy atom. The second kappa shape index (κ2) is 6.02. The molecule has 0 saturated carbocycles. The normalized spacial score (nSPS) is 10.4. The van der Waals surface area contributed by atoms with E-state index in [0.717, 1.165) is 16.7 Å². The Balaban J connectivity index is 1.88. The van der Waals surface area contributed by atoms with Crippen LogP contribution in [0.1, 0.15) is 20.0 Å². The van der Waals surface area contributed by atoms with Crippen molar-refractivity contribution >= 4 is 39.6 Å². The van der Waals surface area contributed by atoms with Crippen LogP contribution in [0.5, 0.6) is 0 Å². The van der Waals surface area contributed by atoms with Crippen molar-refractivity contribution in [3.05, 3.63) is 74.6 Å². The summed E-state index contributed by atoms with van der Waals surface area (Å²) in [5, 5.41) is 4.02. The zero-order chi connectivity index (χ0) is 16.4. The van der Waals surface area contributed by atoms with Crippen molar-refractivity contribution < 1.29 is 9.59 Å². The van der Waals surface area contributed by atoms with Gasteiger partial charge in [0.25, 0.3) is 5.91 Å². The zero-order valence-corrected chi connectivity index (χ0v) is 12.7. The minimum Gasteiger partial charge on any atom is -0.366 e. The molecule has 2 amide bonds. The van der Waals surface area contributed by atoms with E-state index in [4.69, 9.17) is 5.73 Å². The molecule has 5 nitrogen and oxygen atoms in total. The highest BCUT2D eigenvalue weighted by Crippen LogP contribution is 2.17. The van der Waals surface area contributed by atoms with Crippen LogP contribution in [-0.4, -0.2) is 11.8 Å². The number of primary amides is 1. The lowest BCUT2D eigenvalue weighted by Gasteiger charge is -2.06. The van der Waals surface area contributed by atoms with Gasteiger partial charge in [-0.3, -0.25) is 14.4 Å². The van der Waals surface area contributed by atoms with Gasteiger partial charge in [-0.25, -0.2) is 0 Å². The molecule has 0 bridgehead atoms. The van der Waals surface area contributed by atoms with Crippen LogP contribution in [0.15, 0.2) is 59.4 Å². The molecule has 0 aliphatic rings. The number of amides is 2. The highest BCUT2D eigenvalue weighted by Gasteiger charge is 2.11. The Kier molecular flexibility index (Phi) is 3.91. The molecular weight excluding hydrogens is 312 g/mol. The highest BCUT2D eigenvalue weighted by atomic mass is 32.1. The van der Waals surface area contributed by atoms with E-state index in [9.17, 15) is 14.4 Å². The van der Waals surface area contributed by atoms with Crippen molar-refractivity contribution in [3.63, 3.8) is 0 Å². The van der Waals surface area contributed by atoms with Gasteiger partial charge in [-0.15, -0.1) is 0 Å². The third-order valence-electron chi connectivity index (χ3n) is 3.32. The first-order valence-corrected chi connectivity index (χ1v) is 7.60. The van der Waals surface area contributed by atoms with Crippen LogP contribution >= 0.6 is 11.3 Å². The number of hydrogen-bond acceptors (Lipinski definition) is 4. The molecule has 3 aromatic rings. The second-order valence-electron chi connectivity index (χ2n) is 4.88. The Hall–Kier alpha value is -2.99. The first-order chi connectivity index (χ1) is 11.0. The molecular formula is C17H12N2O3S. The van der Waals surface area contributed by atoms with Crippen molar-refractivity contribution in [2.24, 2.45) is 5.73 Å². The van der Waals surface area contributed by atoms with Crippen molar-refractivity contribution in [2.45, 2.75) is 0 Å². The first-order valence-electron chi connectivity index (χ1n) is 6.79. The van der Waals surface area contributed by atoms with E-state index in [1.165, 1.54) is 12.1 Å². The molecule has 3 rings (SSSR count). The molecule has 6 heteroatoms. The van der Waals surface area contributed by atoms with Gasteiger partial charge in [-0.2, -0.15) is 0 Å². The molecule has 0 radical (unpaired) electrons. The summed E-state index contributed by atoms with van der Waals surface area (Å²) in [6.07, 6.45) is 0. The van der Waals surface area contributed by atoms with Gasteiger partial charge in [0.1, 0.15) is 0 Å². The zero-order valence-electron chi connectivity index (χ0n) is 11.9. The van der Waals surface area contributed by atoms with Gasteiger partial charge < -0.3 is 11.1 Å². The third kappa shape index (κ3) is 3.12. The lowest BCUT2D eigenvalue weighted by Crippen LogP contribution is -2.14. The molecule has 0 saturated heterocycles. The topological polar surface area (TPSA) is 89.3 Å². The standard InChI is InChI=1S/C17H12N2O3S/c18-15(20)10-5-7-12(8-6-10)19-16(21)14-9-11-3-1-2-4-13(11)17(22)23-14/h1-9H,(H2,18,20)(H,19,21). The Morgan fingerprint density at radius 1 is 1.00 bits per heavy atom. The predicted octanol–water partition coefficient (Wildman–Crippen LogP) is 2.61. The van der Waals surface area contributed by atoms with Crippen molar-refractivity contribution in [3.8, 4) is 0 Å². The maximum absolute atomic E-state index is 12.3. The number of rotatable bonds is 3. The maximum atomic E-state index is 12.3. The fraction of sp³-hybridized carbons (Fsp3) is 0. The number of fused-ring (bicyclic) bond motifs is 1. The van der Waals surface area contributed by atoms with E-state index in [1.807, 2.05) is 6.07 Å². The summed E-state index contributed by atoms with van der Waals surface area (Å²) >= 11 is 0.900. The summed E-state index contributed by atoms with van der Waals surface area (Å²) in [5.41, 5.74) is 6.05. The van der Waals surface area contributed by atoms with Crippen LogP contribution in [0.3, 0.4) is 0 Å². The smallest absolute Gasteiger partial charge is 0.265 e. The third-order valence-corrected chi connectivity index (χ3v) is 4.25. The monoisotopic (exact) mass is 324 g/mol. The van der Waals surface area contributed by atoms with E-state index in [2.05, 4.69) is 5.32 Å². The summed E-state index contributed by atoms with van der Waals surface area (Å²) in [6, 6.07) is 15.0. The SMILES string of the molecule is NC(=O)c1ccc(NC(=O)c2cc3ccccc3c(=O)s2)cc1. The van der Waals surface area contributed by atoms with Gasteiger partial charge >= 0.3 is 0 Å². The highest BCUT2D eigenvalue weighted by molar-refractivity contribution is 7.12. The average Bonchev–Trinajstić information content (AvgIpc) is 2.55. The quantitative estimate of drug-likeness (QED) is 0.776. The molecule has 0 aliphatic heterocycles. The predicted molar refractivity (Wildman–Crippen MR) is 91.0 cm³/mol. The van der Waals surface area contributed by atoms with Gasteiger partial charge in [0, 0.05) is 16.6 Å². The van der Waals surface area contributed by atoms with Crippen molar-refractivity contribution in [1.82, 2.24) is 0 Å². The maximum Gasteiger partial charge on any atom is 0.265 e.